The number of unbranched alkanes of at least 4 members (excludes halogenated alkanes) is 24. The number of phosphoric ester groups is 2. The lowest BCUT2D eigenvalue weighted by Crippen LogP contribution is -2.30. The molecule has 0 aromatic heterocycles. The first kappa shape index (κ1) is 101. The molecule has 19 heteroatoms. The predicted octanol–water partition coefficient (Wildman–Crippen LogP) is 24.0. The van der Waals surface area contributed by atoms with Crippen molar-refractivity contribution in [3.63, 3.8) is 0 Å². The number of carbonyl (C=O) groups excluding carboxylic acids is 4. The van der Waals surface area contributed by atoms with Crippen LogP contribution < -0.4 is 0 Å². The van der Waals surface area contributed by atoms with E-state index in [1.54, 1.807) is 6.08 Å². The number of aliphatic hydroxyl groups excluding tert-OH is 1. The quantitative estimate of drug-likeness (QED) is 0.0169. The highest BCUT2D eigenvalue weighted by Crippen LogP contribution is 2.45. The lowest BCUT2D eigenvalue weighted by atomic mass is 10.1. The fraction of sp³-hybridized carbons (Fsp3) is 0.655. The van der Waals surface area contributed by atoms with Gasteiger partial charge in [-0.25, -0.2) is 9.13 Å². The molecule has 0 saturated heterocycles. The van der Waals surface area contributed by atoms with E-state index in [1.165, 1.54) is 57.8 Å². The summed E-state index contributed by atoms with van der Waals surface area (Å²) >= 11 is 0. The van der Waals surface area contributed by atoms with Crippen LogP contribution in [0.1, 0.15) is 310 Å². The molecule has 604 valence electrons. The summed E-state index contributed by atoms with van der Waals surface area (Å²) in [5.41, 5.74) is 0. The van der Waals surface area contributed by atoms with Gasteiger partial charge in [-0.15, -0.1) is 0 Å². The van der Waals surface area contributed by atoms with E-state index >= 15 is 0 Å². The topological polar surface area (TPSA) is 237 Å². The third-order valence-corrected chi connectivity index (χ3v) is 18.4. The molecule has 0 aromatic carbocycles. The van der Waals surface area contributed by atoms with Gasteiger partial charge in [-0.3, -0.25) is 37.3 Å². The van der Waals surface area contributed by atoms with Crippen LogP contribution in [0.3, 0.4) is 0 Å². The first-order chi connectivity index (χ1) is 51.7. The van der Waals surface area contributed by atoms with Crippen molar-refractivity contribution in [2.75, 3.05) is 39.6 Å². The summed E-state index contributed by atoms with van der Waals surface area (Å²) in [6.45, 7) is 4.45. The molecule has 5 unspecified atom stereocenters. The van der Waals surface area contributed by atoms with E-state index < -0.39 is 97.5 Å². The first-order valence-corrected chi connectivity index (χ1v) is 43.7. The van der Waals surface area contributed by atoms with Crippen molar-refractivity contribution in [3.8, 4) is 0 Å². The first-order valence-electron chi connectivity index (χ1n) is 40.7. The van der Waals surface area contributed by atoms with Gasteiger partial charge in [-0.1, -0.05) is 288 Å². The maximum Gasteiger partial charge on any atom is 0.472 e. The van der Waals surface area contributed by atoms with Gasteiger partial charge in [-0.05, 0) is 154 Å². The molecule has 0 bridgehead atoms. The number of aliphatic hydroxyl groups is 1. The van der Waals surface area contributed by atoms with Gasteiger partial charge < -0.3 is 33.8 Å². The Hall–Kier alpha value is -5.32. The largest absolute Gasteiger partial charge is 0.472 e. The Kier molecular flexibility index (Phi) is 73.9. The van der Waals surface area contributed by atoms with E-state index in [-0.39, 0.29) is 25.7 Å². The Labute approximate surface area is 642 Å². The summed E-state index contributed by atoms with van der Waals surface area (Å²) in [7, 11) is -10.0. The summed E-state index contributed by atoms with van der Waals surface area (Å²) in [5.74, 6) is -2.38. The molecular weight excluding hydrogens is 1380 g/mol. The average Bonchev–Trinajstić information content (AvgIpc) is 0.899. The molecule has 0 spiro atoms. The van der Waals surface area contributed by atoms with Gasteiger partial charge in [0.15, 0.2) is 12.2 Å². The van der Waals surface area contributed by atoms with Crippen molar-refractivity contribution in [2.45, 2.75) is 329 Å². The summed E-state index contributed by atoms with van der Waals surface area (Å²) in [5, 5.41) is 10.6. The molecule has 0 aromatic rings. The normalized spacial score (nSPS) is 14.7. The van der Waals surface area contributed by atoms with Crippen molar-refractivity contribution in [3.05, 3.63) is 158 Å². The van der Waals surface area contributed by atoms with E-state index in [4.69, 9.17) is 37.0 Å². The maximum absolute atomic E-state index is 13.1. The van der Waals surface area contributed by atoms with Crippen LogP contribution in [-0.2, 0) is 65.4 Å². The summed E-state index contributed by atoms with van der Waals surface area (Å²) in [4.78, 5) is 73.0. The molecule has 0 heterocycles. The monoisotopic (exact) mass is 1520 g/mol. The third-order valence-electron chi connectivity index (χ3n) is 16.5. The summed E-state index contributed by atoms with van der Waals surface area (Å²) < 4.78 is 68.5. The molecule has 3 N–H and O–H groups in total. The Morgan fingerprint density at radius 2 is 0.528 bits per heavy atom. The van der Waals surface area contributed by atoms with Gasteiger partial charge in [0, 0.05) is 19.3 Å². The van der Waals surface area contributed by atoms with Crippen molar-refractivity contribution in [1.29, 1.82) is 0 Å². The van der Waals surface area contributed by atoms with Gasteiger partial charge >= 0.3 is 39.5 Å². The van der Waals surface area contributed by atoms with Crippen LogP contribution in [-0.4, -0.2) is 96.7 Å². The molecule has 0 saturated carbocycles. The zero-order chi connectivity index (χ0) is 77.4. The summed E-state index contributed by atoms with van der Waals surface area (Å²) in [6.07, 6.45) is 91.0. The molecule has 0 aliphatic rings. The van der Waals surface area contributed by atoms with Crippen LogP contribution in [0.15, 0.2) is 158 Å². The van der Waals surface area contributed by atoms with Gasteiger partial charge in [0.25, 0.3) is 0 Å². The number of phosphoric acid groups is 2. The van der Waals surface area contributed by atoms with Crippen LogP contribution in [0.4, 0.5) is 0 Å². The number of allylic oxidation sites excluding steroid dienone is 25. The minimum absolute atomic E-state index is 0.0567. The van der Waals surface area contributed by atoms with Crippen LogP contribution in [0.25, 0.3) is 0 Å². The minimum Gasteiger partial charge on any atom is -0.462 e. The van der Waals surface area contributed by atoms with Gasteiger partial charge in [0.2, 0.25) is 0 Å². The Balaban J connectivity index is 5.48. The molecule has 0 aliphatic carbocycles. The molecule has 0 rings (SSSR count). The molecule has 0 radical (unpaired) electrons. The van der Waals surface area contributed by atoms with Crippen molar-refractivity contribution in [1.82, 2.24) is 0 Å². The molecule has 106 heavy (non-hydrogen) atoms. The highest BCUT2D eigenvalue weighted by Gasteiger charge is 2.30. The Morgan fingerprint density at radius 1 is 0.283 bits per heavy atom. The van der Waals surface area contributed by atoms with E-state index in [2.05, 4.69) is 161 Å². The lowest BCUT2D eigenvalue weighted by molar-refractivity contribution is -0.161. The highest BCUT2D eigenvalue weighted by molar-refractivity contribution is 7.47. The Bertz CT molecular complexity index is 2630. The third kappa shape index (κ3) is 76.9. The second-order valence-corrected chi connectivity index (χ2v) is 29.5. The molecule has 0 fully saturated rings. The Morgan fingerprint density at radius 3 is 0.868 bits per heavy atom. The number of hydrogen-bond donors (Lipinski definition) is 3. The van der Waals surface area contributed by atoms with Gasteiger partial charge in [0.1, 0.15) is 19.3 Å². The van der Waals surface area contributed by atoms with Crippen LogP contribution in [0.2, 0.25) is 0 Å². The molecule has 0 amide bonds. The number of carbonyl (C=O) groups is 4. The van der Waals surface area contributed by atoms with Crippen molar-refractivity contribution < 1.29 is 80.2 Å². The van der Waals surface area contributed by atoms with E-state index in [1.807, 2.05) is 18.2 Å². The number of hydrogen-bond acceptors (Lipinski definition) is 15. The van der Waals surface area contributed by atoms with Crippen LogP contribution >= 0.6 is 15.6 Å². The maximum atomic E-state index is 13.1. The molecular formula is C87H144O17P2. The smallest absolute Gasteiger partial charge is 0.462 e. The van der Waals surface area contributed by atoms with E-state index in [0.717, 1.165) is 173 Å². The molecule has 5 atom stereocenters. The zero-order valence-electron chi connectivity index (χ0n) is 66.1. The van der Waals surface area contributed by atoms with E-state index in [0.29, 0.717) is 25.7 Å². The number of ether oxygens (including phenoxy) is 4. The van der Waals surface area contributed by atoms with Crippen LogP contribution in [0.5, 0.6) is 0 Å². The second-order valence-electron chi connectivity index (χ2n) is 26.6. The highest BCUT2D eigenvalue weighted by atomic mass is 31.2. The van der Waals surface area contributed by atoms with Crippen LogP contribution in [0, 0.1) is 0 Å². The average molecular weight is 1520 g/mol. The van der Waals surface area contributed by atoms with Crippen molar-refractivity contribution in [2.24, 2.45) is 0 Å². The predicted molar refractivity (Wildman–Crippen MR) is 436 cm³/mol. The fourth-order valence-electron chi connectivity index (χ4n) is 10.3. The fourth-order valence-corrected chi connectivity index (χ4v) is 11.9. The van der Waals surface area contributed by atoms with E-state index in [9.17, 15) is 43.2 Å². The minimum atomic E-state index is -5.01. The zero-order valence-corrected chi connectivity index (χ0v) is 67.8. The molecule has 17 nitrogen and oxygen atoms in total. The van der Waals surface area contributed by atoms with Gasteiger partial charge in [-0.2, -0.15) is 0 Å². The number of esters is 4. The number of rotatable bonds is 75. The van der Waals surface area contributed by atoms with Gasteiger partial charge in [0.05, 0.1) is 32.8 Å². The van der Waals surface area contributed by atoms with Crippen molar-refractivity contribution >= 4 is 39.5 Å². The lowest BCUT2D eigenvalue weighted by Gasteiger charge is -2.21. The SMILES string of the molecule is CC/C=C\C/C=C\C/C=C\C/C=C\C/C=C\CC(=O)OCC(COP(=O)(O)OCC(O)COP(=O)(O)OCC(COC(=O)CCCCCCCC/C=C\C/C=C\C/C=C\CCCCC)OC(=O)CCCCCC/C=C\C/C=C\C/C=C\C/C=C\CC)OC(=O)CCCCCCC/C=C\CCCCCCCC. The second kappa shape index (κ2) is 77.8. The summed E-state index contributed by atoms with van der Waals surface area (Å²) in [6, 6.07) is 0. The molecule has 0 aliphatic heterocycles. The standard InChI is InChI=1S/C87H144O17P2/c1-5-9-13-17-21-25-29-33-37-39-40-42-45-48-52-56-60-64-68-72-85(90)98-78-83(104-87(92)74-70-66-62-58-54-50-46-41-38-34-30-26-22-18-14-10-6-2)80-102-106(95,96)100-76-81(88)75-99-105(93,94)101-79-82(103-86(91)73-69-65-61-57-53-49-44-36-32-28-24-20-16-12-8-4)77-97-84(89)71-67-63-59-55-51-47-43-35-31-27-23-19-15-11-7-3/h10-11,14-15,21-23,25-27,33-38,40,42-44,46,50-51,55,63,67,81-83,88H,5-9,12-13,16-20,24,28-32,39,41,45,47-49,52-54,56-62,64-66,68-80H2,1-4H3,(H,93,94)(H,95,96)/b14-10-,15-11-,25-21-,26-22-,27-23-,37-33-,38-34-,42-40-,43-35-,44-36-,50-46-,55-51-,67-63-.